The Hall–Kier alpha value is -1.37. The smallest absolute Gasteiger partial charge is 0.207 e. The molecule has 1 aromatic carbocycles. The first-order chi connectivity index (χ1) is 9.45. The van der Waals surface area contributed by atoms with Gasteiger partial charge >= 0.3 is 0 Å². The van der Waals surface area contributed by atoms with E-state index in [1.807, 2.05) is 6.92 Å². The van der Waals surface area contributed by atoms with E-state index in [0.29, 0.717) is 12.8 Å². The molecule has 0 radical (unpaired) electrons. The molecule has 1 N–H and O–H groups in total. The van der Waals surface area contributed by atoms with Crippen molar-refractivity contribution in [1.29, 1.82) is 0 Å². The molecule has 1 saturated carbocycles. The molecule has 0 spiro atoms. The van der Waals surface area contributed by atoms with E-state index >= 15 is 0 Å². The second-order valence-corrected chi connectivity index (χ2v) is 4.76. The molecule has 2 rings (SSSR count). The summed E-state index contributed by atoms with van der Waals surface area (Å²) in [5, 5.41) is 3.17. The van der Waals surface area contributed by atoms with E-state index in [2.05, 4.69) is 5.32 Å². The first kappa shape index (κ1) is 15.0. The standard InChI is InChI=1S/C13H14F5NO/c1-2-3-19-6-4-7(5-6)20-13-11(17)9(15)8(14)10(16)12(13)18/h6-7,19H,2-5H2,1H3. The van der Waals surface area contributed by atoms with Gasteiger partial charge in [-0.1, -0.05) is 6.92 Å². The van der Waals surface area contributed by atoms with E-state index in [0.717, 1.165) is 13.0 Å². The number of hydrogen-bond donors (Lipinski definition) is 1. The Morgan fingerprint density at radius 1 is 0.950 bits per heavy atom. The summed E-state index contributed by atoms with van der Waals surface area (Å²) in [6.07, 6.45) is 1.34. The van der Waals surface area contributed by atoms with Gasteiger partial charge in [-0.2, -0.15) is 8.78 Å². The van der Waals surface area contributed by atoms with E-state index in [4.69, 9.17) is 4.74 Å². The molecule has 0 bridgehead atoms. The molecular formula is C13H14F5NO. The normalized spacial score (nSPS) is 21.7. The van der Waals surface area contributed by atoms with E-state index in [-0.39, 0.29) is 6.04 Å². The first-order valence-electron chi connectivity index (χ1n) is 6.37. The maximum Gasteiger partial charge on any atom is 0.207 e. The number of ether oxygens (including phenoxy) is 1. The van der Waals surface area contributed by atoms with Crippen molar-refractivity contribution in [2.45, 2.75) is 38.3 Å². The largest absolute Gasteiger partial charge is 0.484 e. The van der Waals surface area contributed by atoms with Crippen LogP contribution in [-0.2, 0) is 0 Å². The molecule has 0 heterocycles. The lowest BCUT2D eigenvalue weighted by Crippen LogP contribution is -2.47. The van der Waals surface area contributed by atoms with Crippen molar-refractivity contribution in [2.75, 3.05) is 6.54 Å². The Balaban J connectivity index is 2.05. The van der Waals surface area contributed by atoms with Crippen molar-refractivity contribution in [3.05, 3.63) is 29.1 Å². The average Bonchev–Trinajstić information content (AvgIpc) is 2.40. The fourth-order valence-electron chi connectivity index (χ4n) is 2.03. The fraction of sp³-hybridized carbons (Fsp3) is 0.538. The van der Waals surface area contributed by atoms with Crippen LogP contribution in [0.5, 0.6) is 5.75 Å². The van der Waals surface area contributed by atoms with Gasteiger partial charge in [-0.25, -0.2) is 13.2 Å². The summed E-state index contributed by atoms with van der Waals surface area (Å²) in [5.74, 6) is -11.2. The minimum Gasteiger partial charge on any atom is -0.484 e. The molecule has 0 amide bonds. The van der Waals surface area contributed by atoms with Crippen LogP contribution in [0.2, 0.25) is 0 Å². The van der Waals surface area contributed by atoms with Gasteiger partial charge in [-0.05, 0) is 25.8 Å². The monoisotopic (exact) mass is 295 g/mol. The summed E-state index contributed by atoms with van der Waals surface area (Å²) in [4.78, 5) is 0. The molecule has 1 aromatic rings. The maximum absolute atomic E-state index is 13.4. The molecule has 0 aliphatic heterocycles. The van der Waals surface area contributed by atoms with Gasteiger partial charge in [0, 0.05) is 6.04 Å². The molecule has 1 aliphatic carbocycles. The molecule has 112 valence electrons. The number of benzene rings is 1. The fourth-order valence-corrected chi connectivity index (χ4v) is 2.03. The zero-order valence-electron chi connectivity index (χ0n) is 10.8. The Labute approximate surface area is 112 Å². The lowest BCUT2D eigenvalue weighted by atomic mass is 9.89. The van der Waals surface area contributed by atoms with Gasteiger partial charge in [0.25, 0.3) is 0 Å². The molecule has 20 heavy (non-hydrogen) atoms. The second kappa shape index (κ2) is 5.95. The summed E-state index contributed by atoms with van der Waals surface area (Å²) in [6, 6.07) is 0.154. The summed E-state index contributed by atoms with van der Waals surface area (Å²) < 4.78 is 70.4. The molecule has 1 aliphatic rings. The highest BCUT2D eigenvalue weighted by atomic mass is 19.2. The third-order valence-corrected chi connectivity index (χ3v) is 3.23. The van der Waals surface area contributed by atoms with Gasteiger partial charge in [0.05, 0.1) is 0 Å². The molecular weight excluding hydrogens is 281 g/mol. The molecule has 7 heteroatoms. The quantitative estimate of drug-likeness (QED) is 0.511. The van der Waals surface area contributed by atoms with Crippen molar-refractivity contribution in [2.24, 2.45) is 0 Å². The van der Waals surface area contributed by atoms with Gasteiger partial charge in [-0.3, -0.25) is 0 Å². The van der Waals surface area contributed by atoms with Crippen LogP contribution in [-0.4, -0.2) is 18.7 Å². The number of rotatable bonds is 5. The lowest BCUT2D eigenvalue weighted by Gasteiger charge is -2.36. The summed E-state index contributed by atoms with van der Waals surface area (Å²) in [7, 11) is 0. The van der Waals surface area contributed by atoms with Gasteiger partial charge in [0.15, 0.2) is 5.75 Å². The van der Waals surface area contributed by atoms with Crippen LogP contribution in [0.25, 0.3) is 0 Å². The molecule has 0 saturated heterocycles. The van der Waals surface area contributed by atoms with Gasteiger partial charge in [0.1, 0.15) is 6.10 Å². The lowest BCUT2D eigenvalue weighted by molar-refractivity contribution is 0.0744. The van der Waals surface area contributed by atoms with Crippen molar-refractivity contribution in [1.82, 2.24) is 5.32 Å². The van der Waals surface area contributed by atoms with E-state index in [1.54, 1.807) is 0 Å². The highest BCUT2D eigenvalue weighted by Gasteiger charge is 2.34. The molecule has 2 nitrogen and oxygen atoms in total. The third kappa shape index (κ3) is 2.72. The topological polar surface area (TPSA) is 21.3 Å². The highest BCUT2D eigenvalue weighted by molar-refractivity contribution is 5.30. The first-order valence-corrected chi connectivity index (χ1v) is 6.37. The summed E-state index contributed by atoms with van der Waals surface area (Å²) in [5.41, 5.74) is 0. The maximum atomic E-state index is 13.4. The van der Waals surface area contributed by atoms with Crippen LogP contribution in [0.3, 0.4) is 0 Å². The van der Waals surface area contributed by atoms with E-state index < -0.39 is 40.9 Å². The molecule has 0 atom stereocenters. The van der Waals surface area contributed by atoms with Crippen LogP contribution in [0.15, 0.2) is 0 Å². The number of hydrogen-bond acceptors (Lipinski definition) is 2. The molecule has 0 unspecified atom stereocenters. The summed E-state index contributed by atoms with van der Waals surface area (Å²) >= 11 is 0. The van der Waals surface area contributed by atoms with Gasteiger partial charge in [-0.15, -0.1) is 0 Å². The van der Waals surface area contributed by atoms with Crippen molar-refractivity contribution in [3.8, 4) is 5.75 Å². The average molecular weight is 295 g/mol. The van der Waals surface area contributed by atoms with Crippen LogP contribution >= 0.6 is 0 Å². The van der Waals surface area contributed by atoms with Crippen LogP contribution in [0.4, 0.5) is 22.0 Å². The highest BCUT2D eigenvalue weighted by Crippen LogP contribution is 2.33. The Kier molecular flexibility index (Phi) is 4.47. The van der Waals surface area contributed by atoms with Crippen molar-refractivity contribution < 1.29 is 26.7 Å². The SMILES string of the molecule is CCCNC1CC(Oc2c(F)c(F)c(F)c(F)c2F)C1. The van der Waals surface area contributed by atoms with Gasteiger partial charge in [0.2, 0.25) is 29.1 Å². The molecule has 1 fully saturated rings. The Morgan fingerprint density at radius 2 is 1.45 bits per heavy atom. The predicted octanol–water partition coefficient (Wildman–Crippen LogP) is 3.29. The van der Waals surface area contributed by atoms with E-state index in [9.17, 15) is 22.0 Å². The van der Waals surface area contributed by atoms with Crippen LogP contribution in [0.1, 0.15) is 26.2 Å². The van der Waals surface area contributed by atoms with E-state index in [1.165, 1.54) is 0 Å². The Bertz CT molecular complexity index is 473. The number of halogens is 5. The predicted molar refractivity (Wildman–Crippen MR) is 62.0 cm³/mol. The molecule has 0 aromatic heterocycles. The summed E-state index contributed by atoms with van der Waals surface area (Å²) in [6.45, 7) is 2.80. The van der Waals surface area contributed by atoms with Crippen molar-refractivity contribution >= 4 is 0 Å². The zero-order valence-corrected chi connectivity index (χ0v) is 10.8. The van der Waals surface area contributed by atoms with Crippen molar-refractivity contribution in [3.63, 3.8) is 0 Å². The van der Waals surface area contributed by atoms with Crippen LogP contribution < -0.4 is 10.1 Å². The third-order valence-electron chi connectivity index (χ3n) is 3.23. The van der Waals surface area contributed by atoms with Crippen LogP contribution in [0, 0.1) is 29.1 Å². The minimum absolute atomic E-state index is 0.154. The van der Waals surface area contributed by atoms with Gasteiger partial charge < -0.3 is 10.1 Å². The number of nitrogens with one attached hydrogen (secondary N) is 1. The minimum atomic E-state index is -2.18. The zero-order chi connectivity index (χ0) is 14.9. The second-order valence-electron chi connectivity index (χ2n) is 4.76. The Morgan fingerprint density at radius 3 is 1.95 bits per heavy atom.